The van der Waals surface area contributed by atoms with E-state index in [9.17, 15) is 22.7 Å². The molecule has 1 unspecified atom stereocenters. The van der Waals surface area contributed by atoms with E-state index in [0.29, 0.717) is 5.52 Å². The summed E-state index contributed by atoms with van der Waals surface area (Å²) >= 11 is 0. The van der Waals surface area contributed by atoms with Gasteiger partial charge in [-0.2, -0.15) is 13.2 Å². The Labute approximate surface area is 172 Å². The Morgan fingerprint density at radius 2 is 1.87 bits per heavy atom. The van der Waals surface area contributed by atoms with E-state index in [0.717, 1.165) is 17.0 Å². The second-order valence-electron chi connectivity index (χ2n) is 8.27. The molecular weight excluding hydrogens is 400 g/mol. The van der Waals surface area contributed by atoms with Crippen molar-refractivity contribution in [3.8, 4) is 5.75 Å². The monoisotopic (exact) mass is 424 g/mol. The van der Waals surface area contributed by atoms with Crippen LogP contribution in [0.4, 0.5) is 17.6 Å². The Morgan fingerprint density at radius 3 is 2.50 bits per heavy atom. The van der Waals surface area contributed by atoms with Gasteiger partial charge >= 0.3 is 6.18 Å². The molecule has 2 heterocycles. The molecule has 1 atom stereocenters. The summed E-state index contributed by atoms with van der Waals surface area (Å²) in [5.41, 5.74) is -2.78. The summed E-state index contributed by atoms with van der Waals surface area (Å²) in [5, 5.41) is 11.7. The van der Waals surface area contributed by atoms with Crippen molar-refractivity contribution < 1.29 is 27.4 Å². The quantitative estimate of drug-likeness (QED) is 0.557. The fraction of sp³-hybridized carbons (Fsp3) is 0.409. The topological polar surface area (TPSA) is 47.3 Å². The van der Waals surface area contributed by atoms with E-state index >= 15 is 0 Å². The molecule has 0 amide bonds. The van der Waals surface area contributed by atoms with E-state index in [1.54, 1.807) is 25.4 Å². The minimum atomic E-state index is -4.92. The lowest BCUT2D eigenvalue weighted by molar-refractivity contribution is -0.271. The summed E-state index contributed by atoms with van der Waals surface area (Å²) in [5.74, 6) is -0.329. The summed E-state index contributed by atoms with van der Waals surface area (Å²) in [6.45, 7) is 4.13. The van der Waals surface area contributed by atoms with Gasteiger partial charge < -0.3 is 14.4 Å². The predicted octanol–water partition coefficient (Wildman–Crippen LogP) is 5.15. The van der Waals surface area contributed by atoms with Crippen molar-refractivity contribution in [3.63, 3.8) is 0 Å². The number of ether oxygens (including phenoxy) is 1. The number of aryl methyl sites for hydroxylation is 1. The zero-order chi connectivity index (χ0) is 22.3. The number of methoxy groups -OCH3 is 1. The first kappa shape index (κ1) is 22.1. The molecule has 0 bridgehead atoms. The molecule has 8 heteroatoms. The maximum Gasteiger partial charge on any atom is 0.418 e. The third-order valence-corrected chi connectivity index (χ3v) is 5.47. The highest BCUT2D eigenvalue weighted by Crippen LogP contribution is 2.44. The molecule has 0 saturated carbocycles. The average molecular weight is 424 g/mol. The van der Waals surface area contributed by atoms with Crippen LogP contribution >= 0.6 is 0 Å². The van der Waals surface area contributed by atoms with E-state index in [2.05, 4.69) is 4.98 Å². The van der Waals surface area contributed by atoms with Crippen LogP contribution in [-0.2, 0) is 12.0 Å². The lowest BCUT2D eigenvalue weighted by atomic mass is 9.74. The summed E-state index contributed by atoms with van der Waals surface area (Å²) in [6, 6.07) is 5.41. The Bertz CT molecular complexity index is 1060. The summed E-state index contributed by atoms with van der Waals surface area (Å²) < 4.78 is 62.8. The van der Waals surface area contributed by atoms with Crippen molar-refractivity contribution in [2.24, 2.45) is 0 Å². The second-order valence-corrected chi connectivity index (χ2v) is 8.27. The lowest BCUT2D eigenvalue weighted by Crippen LogP contribution is -2.52. The molecule has 0 aliphatic heterocycles. The third-order valence-electron chi connectivity index (χ3n) is 5.47. The zero-order valence-corrected chi connectivity index (χ0v) is 17.2. The third kappa shape index (κ3) is 4.01. The molecule has 1 aromatic carbocycles. The van der Waals surface area contributed by atoms with Crippen molar-refractivity contribution in [2.45, 2.75) is 50.9 Å². The zero-order valence-electron chi connectivity index (χ0n) is 17.2. The molecule has 2 aromatic heterocycles. The average Bonchev–Trinajstić information content (AvgIpc) is 2.96. The van der Waals surface area contributed by atoms with E-state index in [1.165, 1.54) is 43.9 Å². The van der Waals surface area contributed by atoms with Crippen LogP contribution in [0.25, 0.3) is 10.9 Å². The lowest BCUT2D eigenvalue weighted by Gasteiger charge is -2.38. The van der Waals surface area contributed by atoms with Crippen molar-refractivity contribution >= 4 is 10.9 Å². The van der Waals surface area contributed by atoms with Crippen LogP contribution < -0.4 is 4.74 Å². The number of alkyl halides is 3. The number of nitrogens with zero attached hydrogens (tertiary/aromatic N) is 2. The second kappa shape index (κ2) is 7.58. The van der Waals surface area contributed by atoms with Gasteiger partial charge in [-0.05, 0) is 48.6 Å². The number of aliphatic hydroxyl groups is 1. The van der Waals surface area contributed by atoms with Crippen molar-refractivity contribution in [3.05, 3.63) is 59.8 Å². The minimum absolute atomic E-state index is 0.253. The van der Waals surface area contributed by atoms with Gasteiger partial charge in [0.25, 0.3) is 0 Å². The Balaban J connectivity index is 2.05. The first-order valence-electron chi connectivity index (χ1n) is 9.40. The van der Waals surface area contributed by atoms with Crippen LogP contribution in [0.5, 0.6) is 5.75 Å². The van der Waals surface area contributed by atoms with Gasteiger partial charge in [0, 0.05) is 23.3 Å². The van der Waals surface area contributed by atoms with Crippen LogP contribution in [0.3, 0.4) is 0 Å². The normalized spacial score (nSPS) is 14.7. The molecule has 162 valence electrons. The van der Waals surface area contributed by atoms with E-state index < -0.39 is 36.0 Å². The maximum absolute atomic E-state index is 14.1. The summed E-state index contributed by atoms with van der Waals surface area (Å²) in [7, 11) is 1.37. The molecular formula is C22H24F4N2O2. The number of fused-ring (bicyclic) bond motifs is 1. The fourth-order valence-electron chi connectivity index (χ4n) is 4.02. The number of rotatable bonds is 6. The summed E-state index contributed by atoms with van der Waals surface area (Å²) in [6.07, 6.45) is -1.01. The van der Waals surface area contributed by atoms with Gasteiger partial charge in [0.1, 0.15) is 11.6 Å². The molecule has 3 rings (SSSR count). The molecule has 1 N–H and O–H groups in total. The number of benzene rings is 1. The summed E-state index contributed by atoms with van der Waals surface area (Å²) in [4.78, 5) is 3.99. The van der Waals surface area contributed by atoms with Gasteiger partial charge in [-0.15, -0.1) is 0 Å². The minimum Gasteiger partial charge on any atom is -0.496 e. The fourth-order valence-corrected chi connectivity index (χ4v) is 4.02. The van der Waals surface area contributed by atoms with Crippen LogP contribution in [0.2, 0.25) is 0 Å². The SMILES string of the molecule is COc1ccc(F)cc1C(C)(C)CC(O)(Cn1cc(C)c2ccncc21)C(F)(F)F. The number of hydrogen-bond donors (Lipinski definition) is 1. The Kier molecular flexibility index (Phi) is 5.58. The number of hydrogen-bond acceptors (Lipinski definition) is 3. The van der Waals surface area contributed by atoms with Gasteiger partial charge in [0.15, 0.2) is 5.60 Å². The molecule has 0 saturated heterocycles. The molecule has 4 nitrogen and oxygen atoms in total. The highest BCUT2D eigenvalue weighted by Gasteiger charge is 2.56. The molecule has 3 aromatic rings. The van der Waals surface area contributed by atoms with E-state index in [1.807, 2.05) is 0 Å². The Morgan fingerprint density at radius 1 is 1.17 bits per heavy atom. The number of pyridine rings is 1. The molecule has 0 spiro atoms. The van der Waals surface area contributed by atoms with Crippen LogP contribution in [0.15, 0.2) is 42.9 Å². The van der Waals surface area contributed by atoms with E-state index in [4.69, 9.17) is 4.74 Å². The van der Waals surface area contributed by atoms with Gasteiger partial charge in [0.05, 0.1) is 25.4 Å². The molecule has 0 aliphatic carbocycles. The van der Waals surface area contributed by atoms with Crippen LogP contribution in [-0.4, -0.2) is 33.5 Å². The Hall–Kier alpha value is -2.61. The number of aromatic nitrogens is 2. The van der Waals surface area contributed by atoms with Gasteiger partial charge in [-0.25, -0.2) is 4.39 Å². The van der Waals surface area contributed by atoms with Crippen molar-refractivity contribution in [1.82, 2.24) is 9.55 Å². The first-order valence-corrected chi connectivity index (χ1v) is 9.40. The maximum atomic E-state index is 14.1. The highest BCUT2D eigenvalue weighted by atomic mass is 19.4. The van der Waals surface area contributed by atoms with Crippen molar-refractivity contribution in [1.29, 1.82) is 0 Å². The largest absolute Gasteiger partial charge is 0.496 e. The standard InChI is InChI=1S/C22H24F4N2O2/c1-14-11-28(18-10-27-8-7-16(14)18)13-21(29,22(24,25)26)12-20(2,3)17-9-15(23)5-6-19(17)30-4/h5-11,29H,12-13H2,1-4H3. The van der Waals surface area contributed by atoms with Crippen LogP contribution in [0.1, 0.15) is 31.4 Å². The molecule has 30 heavy (non-hydrogen) atoms. The highest BCUT2D eigenvalue weighted by molar-refractivity contribution is 5.82. The van der Waals surface area contributed by atoms with Gasteiger partial charge in [-0.3, -0.25) is 4.98 Å². The van der Waals surface area contributed by atoms with Crippen molar-refractivity contribution in [2.75, 3.05) is 7.11 Å². The number of halogens is 4. The van der Waals surface area contributed by atoms with E-state index in [-0.39, 0.29) is 11.3 Å². The molecule has 0 fully saturated rings. The molecule has 0 radical (unpaired) electrons. The van der Waals surface area contributed by atoms with Crippen LogP contribution in [0, 0.1) is 12.7 Å². The van der Waals surface area contributed by atoms with Gasteiger partial charge in [-0.1, -0.05) is 13.8 Å². The smallest absolute Gasteiger partial charge is 0.418 e. The molecule has 0 aliphatic rings. The van der Waals surface area contributed by atoms with Gasteiger partial charge in [0.2, 0.25) is 0 Å². The first-order chi connectivity index (χ1) is 13.9. The predicted molar refractivity (Wildman–Crippen MR) is 106 cm³/mol.